The number of rotatable bonds is 9. The smallest absolute Gasteiger partial charge is 0.416 e. The molecule has 0 spiro atoms. The zero-order chi connectivity index (χ0) is 29.4. The normalized spacial score (nSPS) is 17.6. The molecule has 0 bridgehead atoms. The highest BCUT2D eigenvalue weighted by Gasteiger charge is 2.35. The van der Waals surface area contributed by atoms with Gasteiger partial charge in [0.2, 0.25) is 0 Å². The Hall–Kier alpha value is -3.16. The van der Waals surface area contributed by atoms with Crippen LogP contribution in [-0.4, -0.2) is 42.3 Å². The summed E-state index contributed by atoms with van der Waals surface area (Å²) in [6.07, 6.45) is 1.06. The first-order chi connectivity index (χ1) is 20.2. The quantitative estimate of drug-likeness (QED) is 0.245. The molecule has 3 aromatic carbocycles. The molecule has 0 atom stereocenters. The van der Waals surface area contributed by atoms with Gasteiger partial charge < -0.3 is 10.0 Å². The van der Waals surface area contributed by atoms with Crippen molar-refractivity contribution in [2.45, 2.75) is 57.0 Å². The topological polar surface area (TPSA) is 40.5 Å². The molecule has 1 heterocycles. The number of halogens is 5. The van der Waals surface area contributed by atoms with Gasteiger partial charge in [-0.15, -0.1) is 12.4 Å². The van der Waals surface area contributed by atoms with E-state index in [1.165, 1.54) is 17.7 Å². The number of aromatic carboxylic acids is 1. The molecular formula is C35H36ClF4NO2. The molecule has 6 rings (SSSR count). The van der Waals surface area contributed by atoms with Gasteiger partial charge in [-0.3, -0.25) is 4.39 Å². The van der Waals surface area contributed by atoms with Crippen molar-refractivity contribution in [2.75, 3.05) is 26.3 Å². The number of fused-ring (bicyclic) bond motifs is 1. The van der Waals surface area contributed by atoms with Crippen LogP contribution in [0.5, 0.6) is 0 Å². The molecule has 1 saturated carbocycles. The van der Waals surface area contributed by atoms with Crippen LogP contribution < -0.4 is 0 Å². The molecule has 228 valence electrons. The predicted molar refractivity (Wildman–Crippen MR) is 164 cm³/mol. The van der Waals surface area contributed by atoms with Crippen LogP contribution in [0.25, 0.3) is 11.1 Å². The minimum Gasteiger partial charge on any atom is -0.478 e. The van der Waals surface area contributed by atoms with Crippen LogP contribution in [0.3, 0.4) is 0 Å². The summed E-state index contributed by atoms with van der Waals surface area (Å²) >= 11 is 0. The third kappa shape index (κ3) is 6.83. The second-order valence-corrected chi connectivity index (χ2v) is 12.0. The number of likely N-dealkylation sites (tertiary alicyclic amines) is 1. The van der Waals surface area contributed by atoms with Crippen molar-refractivity contribution >= 4 is 29.5 Å². The van der Waals surface area contributed by atoms with E-state index in [1.807, 2.05) is 6.07 Å². The van der Waals surface area contributed by atoms with Crippen molar-refractivity contribution in [1.82, 2.24) is 4.90 Å². The summed E-state index contributed by atoms with van der Waals surface area (Å²) in [6.45, 7) is 2.48. The standard InChI is InChI=1S/C35H35F4NO2.ClH/c36-15-2-16-40-20-23(21-40)17-22-5-7-25(8-6-22)33-29-13-11-27(34(41)42)18-26(29)3-1-4-31(33)30-14-12-28(35(37,38)39)19-32(30)24-9-10-24;/h5-8,11-14,18-19,23-24H,1-4,9-10,15-17,20-21H2,(H,41,42);1H. The Morgan fingerprint density at radius 3 is 2.30 bits per heavy atom. The molecular weight excluding hydrogens is 578 g/mol. The highest BCUT2D eigenvalue weighted by molar-refractivity contribution is 6.01. The molecule has 0 radical (unpaired) electrons. The lowest BCUT2D eigenvalue weighted by atomic mass is 9.84. The molecule has 3 aromatic rings. The molecule has 43 heavy (non-hydrogen) atoms. The van der Waals surface area contributed by atoms with Gasteiger partial charge in [-0.25, -0.2) is 4.79 Å². The average molecular weight is 614 g/mol. The van der Waals surface area contributed by atoms with Crippen molar-refractivity contribution in [3.05, 3.63) is 105 Å². The lowest BCUT2D eigenvalue weighted by molar-refractivity contribution is -0.137. The maximum absolute atomic E-state index is 13.7. The zero-order valence-electron chi connectivity index (χ0n) is 23.9. The monoisotopic (exact) mass is 613 g/mol. The number of carboxylic acids is 1. The minimum absolute atomic E-state index is 0. The Morgan fingerprint density at radius 2 is 1.65 bits per heavy atom. The van der Waals surface area contributed by atoms with E-state index in [1.54, 1.807) is 18.2 Å². The number of aryl methyl sites for hydroxylation is 1. The highest BCUT2D eigenvalue weighted by Crippen LogP contribution is 2.48. The summed E-state index contributed by atoms with van der Waals surface area (Å²) < 4.78 is 53.6. The fourth-order valence-corrected chi connectivity index (χ4v) is 6.68. The Kier molecular flexibility index (Phi) is 9.33. The van der Waals surface area contributed by atoms with E-state index >= 15 is 0 Å². The fraction of sp³-hybridized carbons (Fsp3) is 0.400. The molecule has 1 aliphatic heterocycles. The minimum atomic E-state index is -4.40. The third-order valence-corrected chi connectivity index (χ3v) is 8.93. The molecule has 2 aliphatic carbocycles. The van der Waals surface area contributed by atoms with Crippen LogP contribution in [-0.2, 0) is 19.0 Å². The second-order valence-electron chi connectivity index (χ2n) is 12.0. The Bertz CT molecular complexity index is 1510. The Balaban J connectivity index is 0.00000368. The number of allylic oxidation sites excluding steroid dienone is 1. The zero-order valence-corrected chi connectivity index (χ0v) is 24.7. The van der Waals surface area contributed by atoms with Crippen molar-refractivity contribution in [2.24, 2.45) is 5.92 Å². The van der Waals surface area contributed by atoms with E-state index < -0.39 is 17.7 Å². The van der Waals surface area contributed by atoms with Gasteiger partial charge in [-0.1, -0.05) is 36.4 Å². The molecule has 3 aliphatic rings. The van der Waals surface area contributed by atoms with E-state index in [-0.39, 0.29) is 30.6 Å². The van der Waals surface area contributed by atoms with Crippen molar-refractivity contribution in [3.63, 3.8) is 0 Å². The Labute approximate surface area is 256 Å². The van der Waals surface area contributed by atoms with Gasteiger partial charge in [-0.05, 0) is 126 Å². The molecule has 3 nitrogen and oxygen atoms in total. The predicted octanol–water partition coefficient (Wildman–Crippen LogP) is 8.83. The van der Waals surface area contributed by atoms with Gasteiger partial charge >= 0.3 is 12.1 Å². The molecule has 1 saturated heterocycles. The summed E-state index contributed by atoms with van der Waals surface area (Å²) in [5, 5.41) is 9.63. The number of alkyl halides is 4. The number of benzene rings is 3. The van der Waals surface area contributed by atoms with Crippen molar-refractivity contribution < 1.29 is 27.5 Å². The van der Waals surface area contributed by atoms with Gasteiger partial charge in [0.25, 0.3) is 0 Å². The first-order valence-corrected chi connectivity index (χ1v) is 14.9. The van der Waals surface area contributed by atoms with Crippen LogP contribution >= 0.6 is 12.4 Å². The maximum Gasteiger partial charge on any atom is 0.416 e. The fourth-order valence-electron chi connectivity index (χ4n) is 6.68. The van der Waals surface area contributed by atoms with Crippen LogP contribution in [0.2, 0.25) is 0 Å². The van der Waals surface area contributed by atoms with E-state index in [0.717, 1.165) is 84.3 Å². The van der Waals surface area contributed by atoms with Gasteiger partial charge in [0.05, 0.1) is 17.8 Å². The van der Waals surface area contributed by atoms with Crippen LogP contribution in [0.1, 0.15) is 87.3 Å². The molecule has 0 unspecified atom stereocenters. The van der Waals surface area contributed by atoms with Crippen molar-refractivity contribution in [3.8, 4) is 0 Å². The largest absolute Gasteiger partial charge is 0.478 e. The van der Waals surface area contributed by atoms with Crippen LogP contribution in [0.4, 0.5) is 17.6 Å². The summed E-state index contributed by atoms with van der Waals surface area (Å²) in [5.74, 6) is -0.302. The van der Waals surface area contributed by atoms with Gasteiger partial charge in [0.15, 0.2) is 0 Å². The van der Waals surface area contributed by atoms with Gasteiger partial charge in [-0.2, -0.15) is 13.2 Å². The molecule has 8 heteroatoms. The van der Waals surface area contributed by atoms with Crippen LogP contribution in [0, 0.1) is 5.92 Å². The molecule has 2 fully saturated rings. The second kappa shape index (κ2) is 12.8. The van der Waals surface area contributed by atoms with E-state index in [0.29, 0.717) is 25.2 Å². The lowest BCUT2D eigenvalue weighted by Gasteiger charge is -2.39. The highest BCUT2D eigenvalue weighted by atomic mass is 35.5. The van der Waals surface area contributed by atoms with Crippen LogP contribution in [0.15, 0.2) is 60.7 Å². The summed E-state index contributed by atoms with van der Waals surface area (Å²) in [5.41, 5.74) is 7.39. The SMILES string of the molecule is Cl.O=C(O)c1ccc2c(c1)CCCC(c1ccc(C(F)(F)F)cc1C1CC1)=C2c1ccc(CC2CN(CCCF)C2)cc1. The molecule has 0 aromatic heterocycles. The molecule has 1 N–H and O–H groups in total. The summed E-state index contributed by atoms with van der Waals surface area (Å²) in [4.78, 5) is 14.0. The summed E-state index contributed by atoms with van der Waals surface area (Å²) in [7, 11) is 0. The lowest BCUT2D eigenvalue weighted by Crippen LogP contribution is -2.47. The number of nitrogens with zero attached hydrogens (tertiary/aromatic N) is 1. The molecule has 0 amide bonds. The number of hydrogen-bond donors (Lipinski definition) is 1. The average Bonchev–Trinajstić information content (AvgIpc) is 3.80. The number of carboxylic acid groups (broad SMARTS) is 1. The number of carbonyl (C=O) groups is 1. The first-order valence-electron chi connectivity index (χ1n) is 14.9. The van der Waals surface area contributed by atoms with E-state index in [9.17, 15) is 27.5 Å². The van der Waals surface area contributed by atoms with Gasteiger partial charge in [0, 0.05) is 19.6 Å². The van der Waals surface area contributed by atoms with Crippen molar-refractivity contribution in [1.29, 1.82) is 0 Å². The maximum atomic E-state index is 13.7. The summed E-state index contributed by atoms with van der Waals surface area (Å²) in [6, 6.07) is 17.9. The van der Waals surface area contributed by atoms with Gasteiger partial charge in [0.1, 0.15) is 0 Å². The van der Waals surface area contributed by atoms with E-state index in [4.69, 9.17) is 0 Å². The van der Waals surface area contributed by atoms with E-state index in [2.05, 4.69) is 29.2 Å². The number of hydrogen-bond acceptors (Lipinski definition) is 2. The Morgan fingerprint density at radius 1 is 0.930 bits per heavy atom. The first kappa shape index (κ1) is 31.3. The third-order valence-electron chi connectivity index (χ3n) is 8.93.